The number of rotatable bonds is 3. The lowest BCUT2D eigenvalue weighted by Gasteiger charge is -2.05. The maximum absolute atomic E-state index is 12.1. The van der Waals surface area contributed by atoms with E-state index in [0.717, 1.165) is 10.9 Å². The zero-order valence-corrected chi connectivity index (χ0v) is 9.87. The molecule has 0 saturated heterocycles. The SMILES string of the molecule is Nc1nc(/C=C/c2cn(CC(F)(F)F)cn2)cs1. The van der Waals surface area contributed by atoms with Gasteiger partial charge in [-0.15, -0.1) is 11.3 Å². The van der Waals surface area contributed by atoms with Crippen LogP contribution in [0.15, 0.2) is 17.9 Å². The number of imidazole rings is 1. The minimum absolute atomic E-state index is 0.436. The maximum Gasteiger partial charge on any atom is 0.406 e. The highest BCUT2D eigenvalue weighted by Gasteiger charge is 2.27. The van der Waals surface area contributed by atoms with Crippen LogP contribution in [0.1, 0.15) is 11.4 Å². The van der Waals surface area contributed by atoms with Crippen molar-refractivity contribution in [3.63, 3.8) is 0 Å². The van der Waals surface area contributed by atoms with E-state index in [4.69, 9.17) is 5.73 Å². The molecule has 0 radical (unpaired) electrons. The summed E-state index contributed by atoms with van der Waals surface area (Å²) in [6.07, 6.45) is 1.45. The van der Waals surface area contributed by atoms with Gasteiger partial charge in [-0.05, 0) is 12.2 Å². The van der Waals surface area contributed by atoms with Crippen LogP contribution in [0.5, 0.6) is 0 Å². The predicted octanol–water partition coefficient (Wildman–Crippen LogP) is 2.65. The van der Waals surface area contributed by atoms with Crippen molar-refractivity contribution in [2.45, 2.75) is 12.7 Å². The molecule has 4 nitrogen and oxygen atoms in total. The lowest BCUT2D eigenvalue weighted by molar-refractivity contribution is -0.140. The van der Waals surface area contributed by atoms with E-state index in [0.29, 0.717) is 16.5 Å². The summed E-state index contributed by atoms with van der Waals surface area (Å²) in [4.78, 5) is 7.83. The average molecular weight is 274 g/mol. The summed E-state index contributed by atoms with van der Waals surface area (Å²) in [5.74, 6) is 0. The molecular formula is C10H9F3N4S. The molecule has 2 aromatic rings. The van der Waals surface area contributed by atoms with Crippen molar-refractivity contribution in [3.8, 4) is 0 Å². The Labute approximate surface area is 105 Å². The Morgan fingerprint density at radius 3 is 2.67 bits per heavy atom. The number of nitrogens with two attached hydrogens (primary N) is 1. The summed E-state index contributed by atoms with van der Waals surface area (Å²) in [6.45, 7) is -1.04. The van der Waals surface area contributed by atoms with E-state index in [-0.39, 0.29) is 0 Å². The summed E-state index contributed by atoms with van der Waals surface area (Å²) in [5.41, 5.74) is 6.54. The minimum Gasteiger partial charge on any atom is -0.375 e. The highest BCUT2D eigenvalue weighted by Crippen LogP contribution is 2.18. The molecule has 0 spiro atoms. The van der Waals surface area contributed by atoms with Crippen molar-refractivity contribution in [1.29, 1.82) is 0 Å². The Balaban J connectivity index is 2.04. The average Bonchev–Trinajstić information content (AvgIpc) is 2.82. The number of halogens is 3. The molecule has 96 valence electrons. The number of hydrogen-bond donors (Lipinski definition) is 1. The lowest BCUT2D eigenvalue weighted by atomic mass is 10.3. The normalized spacial score (nSPS) is 12.4. The number of hydrogen-bond acceptors (Lipinski definition) is 4. The second-order valence-electron chi connectivity index (χ2n) is 3.53. The zero-order valence-electron chi connectivity index (χ0n) is 9.05. The topological polar surface area (TPSA) is 56.7 Å². The third kappa shape index (κ3) is 3.59. The number of nitrogens with zero attached hydrogens (tertiary/aromatic N) is 3. The fraction of sp³-hybridized carbons (Fsp3) is 0.200. The molecule has 2 heterocycles. The van der Waals surface area contributed by atoms with Gasteiger partial charge in [-0.1, -0.05) is 0 Å². The van der Waals surface area contributed by atoms with Crippen molar-refractivity contribution >= 4 is 28.6 Å². The number of nitrogen functional groups attached to an aromatic ring is 1. The summed E-state index contributed by atoms with van der Waals surface area (Å²) in [5, 5.41) is 2.19. The molecule has 0 amide bonds. The Morgan fingerprint density at radius 2 is 2.06 bits per heavy atom. The molecule has 0 unspecified atom stereocenters. The first kappa shape index (κ1) is 12.6. The Morgan fingerprint density at radius 1 is 1.33 bits per heavy atom. The second kappa shape index (κ2) is 4.81. The molecule has 8 heteroatoms. The summed E-state index contributed by atoms with van der Waals surface area (Å²) in [7, 11) is 0. The third-order valence-electron chi connectivity index (χ3n) is 1.98. The second-order valence-corrected chi connectivity index (χ2v) is 4.42. The van der Waals surface area contributed by atoms with E-state index in [1.54, 1.807) is 17.5 Å². The van der Waals surface area contributed by atoms with Crippen LogP contribution in [0.2, 0.25) is 0 Å². The van der Waals surface area contributed by atoms with E-state index < -0.39 is 12.7 Å². The fourth-order valence-corrected chi connectivity index (χ4v) is 1.84. The largest absolute Gasteiger partial charge is 0.406 e. The zero-order chi connectivity index (χ0) is 13.2. The molecule has 0 aliphatic heterocycles. The van der Waals surface area contributed by atoms with Crippen LogP contribution in [-0.2, 0) is 6.54 Å². The van der Waals surface area contributed by atoms with Crippen LogP contribution in [-0.4, -0.2) is 20.7 Å². The van der Waals surface area contributed by atoms with Gasteiger partial charge in [0.25, 0.3) is 0 Å². The molecule has 0 atom stereocenters. The van der Waals surface area contributed by atoms with Crippen LogP contribution in [0.25, 0.3) is 12.2 Å². The van der Waals surface area contributed by atoms with Gasteiger partial charge in [0, 0.05) is 11.6 Å². The molecule has 0 aromatic carbocycles. The lowest BCUT2D eigenvalue weighted by Crippen LogP contribution is -2.16. The van der Waals surface area contributed by atoms with E-state index in [1.165, 1.54) is 17.5 Å². The van der Waals surface area contributed by atoms with Crippen molar-refractivity contribution in [3.05, 3.63) is 29.3 Å². The van der Waals surface area contributed by atoms with Crippen LogP contribution < -0.4 is 5.73 Å². The van der Waals surface area contributed by atoms with Gasteiger partial charge in [-0.25, -0.2) is 9.97 Å². The van der Waals surface area contributed by atoms with E-state index in [2.05, 4.69) is 9.97 Å². The molecule has 0 aliphatic carbocycles. The van der Waals surface area contributed by atoms with E-state index in [1.807, 2.05) is 0 Å². The van der Waals surface area contributed by atoms with Crippen molar-refractivity contribution in [2.24, 2.45) is 0 Å². The molecule has 18 heavy (non-hydrogen) atoms. The standard InChI is InChI=1S/C10H9F3N4S/c11-10(12,13)5-17-3-7(15-6-17)1-2-8-4-18-9(14)16-8/h1-4,6H,5H2,(H2,14,16)/b2-1+. The van der Waals surface area contributed by atoms with Crippen LogP contribution in [0.3, 0.4) is 0 Å². The van der Waals surface area contributed by atoms with Crippen molar-refractivity contribution in [2.75, 3.05) is 5.73 Å². The Hall–Kier alpha value is -1.83. The highest BCUT2D eigenvalue weighted by molar-refractivity contribution is 7.13. The molecule has 0 aliphatic rings. The highest BCUT2D eigenvalue weighted by atomic mass is 32.1. The number of anilines is 1. The molecule has 2 N–H and O–H groups in total. The Kier molecular flexibility index (Phi) is 3.37. The molecular weight excluding hydrogens is 265 g/mol. The number of thiazole rings is 1. The summed E-state index contributed by atoms with van der Waals surface area (Å²) >= 11 is 1.29. The first-order chi connectivity index (χ1) is 8.42. The molecule has 2 aromatic heterocycles. The Bertz CT molecular complexity index is 555. The van der Waals surface area contributed by atoms with Gasteiger partial charge in [0.2, 0.25) is 0 Å². The van der Waals surface area contributed by atoms with Gasteiger partial charge < -0.3 is 10.3 Å². The van der Waals surface area contributed by atoms with Gasteiger partial charge in [0.1, 0.15) is 6.54 Å². The van der Waals surface area contributed by atoms with Crippen LogP contribution in [0.4, 0.5) is 18.3 Å². The van der Waals surface area contributed by atoms with Crippen molar-refractivity contribution in [1.82, 2.24) is 14.5 Å². The van der Waals surface area contributed by atoms with Crippen LogP contribution in [0, 0.1) is 0 Å². The van der Waals surface area contributed by atoms with E-state index in [9.17, 15) is 13.2 Å². The first-order valence-electron chi connectivity index (χ1n) is 4.90. The third-order valence-corrected chi connectivity index (χ3v) is 2.67. The van der Waals surface area contributed by atoms with E-state index >= 15 is 0 Å². The quantitative estimate of drug-likeness (QED) is 0.936. The molecule has 2 rings (SSSR count). The van der Waals surface area contributed by atoms with Gasteiger partial charge in [0.15, 0.2) is 5.13 Å². The summed E-state index contributed by atoms with van der Waals surface area (Å²) in [6, 6.07) is 0. The molecule has 0 bridgehead atoms. The van der Waals surface area contributed by atoms with Gasteiger partial charge >= 0.3 is 6.18 Å². The predicted molar refractivity (Wildman–Crippen MR) is 63.7 cm³/mol. The monoisotopic (exact) mass is 274 g/mol. The fourth-order valence-electron chi connectivity index (χ4n) is 1.30. The molecule has 0 saturated carbocycles. The van der Waals surface area contributed by atoms with Crippen LogP contribution >= 0.6 is 11.3 Å². The number of aromatic nitrogens is 3. The number of alkyl halides is 3. The maximum atomic E-state index is 12.1. The first-order valence-corrected chi connectivity index (χ1v) is 5.78. The molecule has 0 fully saturated rings. The van der Waals surface area contributed by atoms with Crippen molar-refractivity contribution < 1.29 is 13.2 Å². The smallest absolute Gasteiger partial charge is 0.375 e. The summed E-state index contributed by atoms with van der Waals surface area (Å²) < 4.78 is 37.3. The van der Waals surface area contributed by atoms with Gasteiger partial charge in [0.05, 0.1) is 17.7 Å². The van der Waals surface area contributed by atoms with Gasteiger partial charge in [-0.3, -0.25) is 0 Å². The minimum atomic E-state index is -4.24. The van der Waals surface area contributed by atoms with Gasteiger partial charge in [-0.2, -0.15) is 13.2 Å².